The Hall–Kier alpha value is -2.08. The van der Waals surface area contributed by atoms with Crippen molar-refractivity contribution in [2.45, 2.75) is 19.5 Å². The van der Waals surface area contributed by atoms with E-state index < -0.39 is 12.1 Å². The number of ether oxygens (including phenoxy) is 1. The molecular formula is C18H21F4IN4O. The van der Waals surface area contributed by atoms with Gasteiger partial charge in [0.25, 0.3) is 0 Å². The van der Waals surface area contributed by atoms with Gasteiger partial charge in [-0.25, -0.2) is 9.38 Å². The number of hydrogen-bond acceptors (Lipinski definition) is 3. The topological polar surface area (TPSA) is 62.9 Å². The summed E-state index contributed by atoms with van der Waals surface area (Å²) in [7, 11) is 3.65. The normalized spacial score (nSPS) is 11.9. The average Bonchev–Trinajstić information content (AvgIpc) is 2.55. The summed E-state index contributed by atoms with van der Waals surface area (Å²) in [6.45, 7) is 0.571. The van der Waals surface area contributed by atoms with E-state index in [-0.39, 0.29) is 48.0 Å². The van der Waals surface area contributed by atoms with Crippen molar-refractivity contribution in [3.63, 3.8) is 0 Å². The van der Waals surface area contributed by atoms with Crippen molar-refractivity contribution in [1.29, 1.82) is 0 Å². The molecule has 0 aromatic heterocycles. The van der Waals surface area contributed by atoms with Crippen LogP contribution in [0.15, 0.2) is 47.5 Å². The van der Waals surface area contributed by atoms with Gasteiger partial charge in [-0.1, -0.05) is 18.2 Å². The Morgan fingerprint density at radius 2 is 1.86 bits per heavy atom. The SMILES string of the molecule is CN(C)Cc1cc(CN=C(N)Nc2ccccc2OC(F)(F)F)ccc1F.I. The number of nitrogens with zero attached hydrogens (tertiary/aromatic N) is 2. The van der Waals surface area contributed by atoms with Crippen LogP contribution in [0.25, 0.3) is 0 Å². The van der Waals surface area contributed by atoms with Crippen LogP contribution in [-0.4, -0.2) is 31.3 Å². The lowest BCUT2D eigenvalue weighted by molar-refractivity contribution is -0.274. The zero-order valence-electron chi connectivity index (χ0n) is 15.3. The highest BCUT2D eigenvalue weighted by molar-refractivity contribution is 14.0. The molecule has 10 heteroatoms. The summed E-state index contributed by atoms with van der Waals surface area (Å²) in [6, 6.07) is 10.1. The molecule has 3 N–H and O–H groups in total. The van der Waals surface area contributed by atoms with Crippen LogP contribution in [0.2, 0.25) is 0 Å². The number of guanidine groups is 1. The zero-order valence-corrected chi connectivity index (χ0v) is 17.6. The molecule has 0 saturated carbocycles. The third kappa shape index (κ3) is 7.89. The van der Waals surface area contributed by atoms with E-state index in [0.29, 0.717) is 12.1 Å². The molecule has 154 valence electrons. The molecule has 2 aromatic carbocycles. The third-order valence-electron chi connectivity index (χ3n) is 3.40. The van der Waals surface area contributed by atoms with E-state index in [9.17, 15) is 17.6 Å². The monoisotopic (exact) mass is 512 g/mol. The van der Waals surface area contributed by atoms with Gasteiger partial charge >= 0.3 is 6.36 Å². The van der Waals surface area contributed by atoms with Gasteiger partial charge in [0, 0.05) is 12.1 Å². The first-order valence-electron chi connectivity index (χ1n) is 7.98. The van der Waals surface area contributed by atoms with Crippen molar-refractivity contribution < 1.29 is 22.3 Å². The predicted octanol–water partition coefficient (Wildman–Crippen LogP) is 4.33. The van der Waals surface area contributed by atoms with E-state index in [4.69, 9.17) is 5.73 Å². The fraction of sp³-hybridized carbons (Fsp3) is 0.278. The minimum Gasteiger partial charge on any atom is -0.404 e. The molecule has 0 unspecified atom stereocenters. The van der Waals surface area contributed by atoms with Gasteiger partial charge in [0.2, 0.25) is 0 Å². The van der Waals surface area contributed by atoms with Gasteiger partial charge in [-0.05, 0) is 43.9 Å². The van der Waals surface area contributed by atoms with Gasteiger partial charge in [-0.3, -0.25) is 0 Å². The lowest BCUT2D eigenvalue weighted by Crippen LogP contribution is -2.24. The minimum absolute atomic E-state index is 0. The molecule has 0 aliphatic carbocycles. The third-order valence-corrected chi connectivity index (χ3v) is 3.40. The first kappa shape index (κ1) is 24.0. The van der Waals surface area contributed by atoms with Crippen molar-refractivity contribution in [2.24, 2.45) is 10.7 Å². The molecule has 0 bridgehead atoms. The first-order chi connectivity index (χ1) is 12.6. The Balaban J connectivity index is 0.00000392. The number of nitrogens with one attached hydrogen (secondary N) is 1. The van der Waals surface area contributed by atoms with Gasteiger partial charge in [0.1, 0.15) is 5.82 Å². The molecule has 0 fully saturated rings. The number of halogens is 5. The predicted molar refractivity (Wildman–Crippen MR) is 111 cm³/mol. The van der Waals surface area contributed by atoms with Gasteiger partial charge in [0.05, 0.1) is 12.2 Å². The number of hydrogen-bond donors (Lipinski definition) is 2. The quantitative estimate of drug-likeness (QED) is 0.262. The van der Waals surface area contributed by atoms with Gasteiger partial charge in [-0.2, -0.15) is 0 Å². The average molecular weight is 512 g/mol. The Morgan fingerprint density at radius 1 is 1.18 bits per heavy atom. The van der Waals surface area contributed by atoms with Crippen molar-refractivity contribution in [2.75, 3.05) is 19.4 Å². The number of benzene rings is 2. The van der Waals surface area contributed by atoms with Crippen LogP contribution >= 0.6 is 24.0 Å². The molecule has 0 aliphatic rings. The summed E-state index contributed by atoms with van der Waals surface area (Å²) in [6.07, 6.45) is -4.82. The first-order valence-corrected chi connectivity index (χ1v) is 7.98. The van der Waals surface area contributed by atoms with E-state index in [1.165, 1.54) is 24.3 Å². The smallest absolute Gasteiger partial charge is 0.404 e. The van der Waals surface area contributed by atoms with Gasteiger partial charge in [0.15, 0.2) is 11.7 Å². The van der Waals surface area contributed by atoms with E-state index in [0.717, 1.165) is 11.6 Å². The van der Waals surface area contributed by atoms with Crippen molar-refractivity contribution in [3.05, 3.63) is 59.4 Å². The number of anilines is 1. The Labute approximate surface area is 177 Å². The Bertz CT molecular complexity index is 812. The molecule has 28 heavy (non-hydrogen) atoms. The number of aliphatic imine (C=N–C) groups is 1. The molecule has 2 aromatic rings. The summed E-state index contributed by atoms with van der Waals surface area (Å²) in [5.74, 6) is -0.828. The second-order valence-electron chi connectivity index (χ2n) is 6.03. The van der Waals surface area contributed by atoms with Crippen LogP contribution in [0.5, 0.6) is 5.75 Å². The van der Waals surface area contributed by atoms with Crippen LogP contribution in [0, 0.1) is 5.82 Å². The molecule has 0 spiro atoms. The van der Waals surface area contributed by atoms with Crippen molar-refractivity contribution >= 4 is 35.6 Å². The zero-order chi connectivity index (χ0) is 20.0. The summed E-state index contributed by atoms with van der Waals surface area (Å²) in [5, 5.41) is 2.58. The summed E-state index contributed by atoms with van der Waals surface area (Å²) in [5.41, 5.74) is 7.02. The van der Waals surface area contributed by atoms with Crippen LogP contribution in [-0.2, 0) is 13.1 Å². The summed E-state index contributed by atoms with van der Waals surface area (Å²) < 4.78 is 55.1. The van der Waals surface area contributed by atoms with E-state index in [1.807, 2.05) is 19.0 Å². The van der Waals surface area contributed by atoms with Crippen molar-refractivity contribution in [1.82, 2.24) is 4.90 Å². The second kappa shape index (κ2) is 10.5. The van der Waals surface area contributed by atoms with Gasteiger partial charge < -0.3 is 20.7 Å². The van der Waals surface area contributed by atoms with E-state index >= 15 is 0 Å². The van der Waals surface area contributed by atoms with E-state index in [2.05, 4.69) is 15.0 Å². The maximum absolute atomic E-state index is 13.8. The Morgan fingerprint density at radius 3 is 2.50 bits per heavy atom. The molecule has 2 rings (SSSR count). The van der Waals surface area contributed by atoms with Crippen LogP contribution < -0.4 is 15.8 Å². The number of alkyl halides is 3. The number of para-hydroxylation sites is 2. The van der Waals surface area contributed by atoms with Gasteiger partial charge in [-0.15, -0.1) is 37.1 Å². The molecule has 5 nitrogen and oxygen atoms in total. The fourth-order valence-electron chi connectivity index (χ4n) is 2.33. The lowest BCUT2D eigenvalue weighted by atomic mass is 10.1. The standard InChI is InChI=1S/C18H20F4N4O.HI/c1-26(2)11-13-9-12(7-8-14(13)19)10-24-17(23)25-15-5-3-4-6-16(15)27-18(20,21)22;/h3-9H,10-11H2,1-2H3,(H3,23,24,25);1H. The minimum atomic E-state index is -4.82. The largest absolute Gasteiger partial charge is 0.573 e. The number of nitrogens with two attached hydrogens (primary N) is 1. The second-order valence-corrected chi connectivity index (χ2v) is 6.03. The van der Waals surface area contributed by atoms with Crippen molar-refractivity contribution in [3.8, 4) is 5.75 Å². The molecule has 0 atom stereocenters. The fourth-order valence-corrected chi connectivity index (χ4v) is 2.33. The van der Waals surface area contributed by atoms with E-state index in [1.54, 1.807) is 12.1 Å². The molecule has 0 saturated heterocycles. The lowest BCUT2D eigenvalue weighted by Gasteiger charge is -2.14. The summed E-state index contributed by atoms with van der Waals surface area (Å²) >= 11 is 0. The highest BCUT2D eigenvalue weighted by Crippen LogP contribution is 2.29. The summed E-state index contributed by atoms with van der Waals surface area (Å²) in [4.78, 5) is 5.92. The Kier molecular flexibility index (Phi) is 8.95. The highest BCUT2D eigenvalue weighted by atomic mass is 127. The van der Waals surface area contributed by atoms with Crippen LogP contribution in [0.1, 0.15) is 11.1 Å². The molecule has 0 heterocycles. The van der Waals surface area contributed by atoms with Crippen LogP contribution in [0.3, 0.4) is 0 Å². The van der Waals surface area contributed by atoms with Crippen LogP contribution in [0.4, 0.5) is 23.2 Å². The molecular weight excluding hydrogens is 491 g/mol. The maximum atomic E-state index is 13.8. The maximum Gasteiger partial charge on any atom is 0.573 e. The molecule has 0 radical (unpaired) electrons. The molecule has 0 aliphatic heterocycles. The number of rotatable bonds is 6. The highest BCUT2D eigenvalue weighted by Gasteiger charge is 2.32. The molecule has 0 amide bonds.